The van der Waals surface area contributed by atoms with Crippen LogP contribution >= 0.6 is 11.8 Å². The Balaban J connectivity index is 3.01. The van der Waals surface area contributed by atoms with Crippen LogP contribution in [0.3, 0.4) is 0 Å². The second-order valence-corrected chi connectivity index (χ2v) is 2.29. The van der Waals surface area contributed by atoms with E-state index in [1.807, 2.05) is 6.26 Å². The number of nitrogens with zero attached hydrogens (tertiary/aromatic N) is 2. The van der Waals surface area contributed by atoms with Gasteiger partial charge in [0.1, 0.15) is 12.4 Å². The molecule has 4 heteroatoms. The molecule has 0 atom stereocenters. The molecular weight excluding hydrogens is 134 g/mol. The molecule has 1 heterocycles. The molecule has 48 valence electrons. The topological polar surface area (TPSA) is 42.8 Å². The molecule has 1 rings (SSSR count). The van der Waals surface area contributed by atoms with Crippen molar-refractivity contribution in [2.45, 2.75) is 5.16 Å². The van der Waals surface area contributed by atoms with Gasteiger partial charge in [-0.2, -0.15) is 0 Å². The first-order chi connectivity index (χ1) is 4.34. The molecule has 0 unspecified atom stereocenters. The lowest BCUT2D eigenvalue weighted by Crippen LogP contribution is -2.46. The fraction of sp³-hybridized carbons (Fsp3) is 0.200. The maximum absolute atomic E-state index is 5.46. The van der Waals surface area contributed by atoms with Gasteiger partial charge in [0.25, 0.3) is 0 Å². The van der Waals surface area contributed by atoms with E-state index in [2.05, 4.69) is 4.98 Å². The van der Waals surface area contributed by atoms with Crippen molar-refractivity contribution < 1.29 is 4.68 Å². The van der Waals surface area contributed by atoms with E-state index in [0.717, 1.165) is 5.16 Å². The summed E-state index contributed by atoms with van der Waals surface area (Å²) in [5.41, 5.74) is 0. The van der Waals surface area contributed by atoms with Crippen LogP contribution in [0.25, 0.3) is 0 Å². The van der Waals surface area contributed by atoms with Gasteiger partial charge in [-0.1, -0.05) is 0 Å². The fourth-order valence-corrected chi connectivity index (χ4v) is 0.964. The van der Waals surface area contributed by atoms with Crippen LogP contribution in [0.15, 0.2) is 23.6 Å². The van der Waals surface area contributed by atoms with Gasteiger partial charge >= 0.3 is 5.16 Å². The Morgan fingerprint density at radius 3 is 3.00 bits per heavy atom. The van der Waals surface area contributed by atoms with Crippen molar-refractivity contribution in [3.63, 3.8) is 0 Å². The molecule has 2 N–H and O–H groups in total. The Labute approximate surface area is 57.9 Å². The molecule has 1 aromatic rings. The molecule has 0 amide bonds. The van der Waals surface area contributed by atoms with Crippen LogP contribution in [0.2, 0.25) is 0 Å². The van der Waals surface area contributed by atoms with Gasteiger partial charge in [0, 0.05) is 6.07 Å². The van der Waals surface area contributed by atoms with E-state index >= 15 is 0 Å². The highest BCUT2D eigenvalue weighted by Crippen LogP contribution is 2.00. The van der Waals surface area contributed by atoms with Crippen molar-refractivity contribution in [2.75, 3.05) is 12.1 Å². The monoisotopic (exact) mass is 142 g/mol. The van der Waals surface area contributed by atoms with Crippen molar-refractivity contribution in [3.8, 4) is 0 Å². The minimum Gasteiger partial charge on any atom is -0.268 e. The standard InChI is InChI=1S/C5H8N3S/c1-9-5-7-3-2-4-8(5)6/h2-4H,6H2,1H3/q+1. The van der Waals surface area contributed by atoms with E-state index in [1.54, 1.807) is 18.5 Å². The van der Waals surface area contributed by atoms with Gasteiger partial charge < -0.3 is 0 Å². The Morgan fingerprint density at radius 2 is 2.56 bits per heavy atom. The highest BCUT2D eigenvalue weighted by atomic mass is 32.2. The molecule has 0 saturated heterocycles. The normalized spacial score (nSPS) is 9.44. The summed E-state index contributed by atoms with van der Waals surface area (Å²) in [4.78, 5) is 4.00. The zero-order valence-corrected chi connectivity index (χ0v) is 5.93. The maximum Gasteiger partial charge on any atom is 0.381 e. The lowest BCUT2D eigenvalue weighted by atomic mass is 10.7. The van der Waals surface area contributed by atoms with Crippen LogP contribution in [-0.2, 0) is 0 Å². The number of thioether (sulfide) groups is 1. The molecule has 0 spiro atoms. The van der Waals surface area contributed by atoms with E-state index in [-0.39, 0.29) is 0 Å². The number of nitrogens with two attached hydrogens (primary N) is 1. The molecule has 3 nitrogen and oxygen atoms in total. The van der Waals surface area contributed by atoms with Gasteiger partial charge in [-0.25, -0.2) is 0 Å². The average Bonchev–Trinajstić information content (AvgIpc) is 1.89. The van der Waals surface area contributed by atoms with Gasteiger partial charge in [-0.15, -0.1) is 4.68 Å². The largest absolute Gasteiger partial charge is 0.381 e. The van der Waals surface area contributed by atoms with E-state index < -0.39 is 0 Å². The number of aromatic nitrogens is 2. The van der Waals surface area contributed by atoms with Crippen LogP contribution in [-0.4, -0.2) is 11.2 Å². The molecule has 0 saturated carbocycles. The maximum atomic E-state index is 5.46. The van der Waals surface area contributed by atoms with E-state index in [1.165, 1.54) is 16.4 Å². The summed E-state index contributed by atoms with van der Waals surface area (Å²) in [6.07, 6.45) is 5.42. The molecule has 0 radical (unpaired) electrons. The minimum absolute atomic E-state index is 0.817. The predicted octanol–water partition coefficient (Wildman–Crippen LogP) is -0.195. The fourth-order valence-electron chi connectivity index (χ4n) is 0.527. The number of nitrogen functional groups attached to an aromatic ring is 1. The Morgan fingerprint density at radius 1 is 1.78 bits per heavy atom. The SMILES string of the molecule is CSc1nccc[n+]1N. The smallest absolute Gasteiger partial charge is 0.268 e. The Bertz CT molecular complexity index is 201. The van der Waals surface area contributed by atoms with Crippen molar-refractivity contribution in [2.24, 2.45) is 0 Å². The van der Waals surface area contributed by atoms with E-state index in [9.17, 15) is 0 Å². The van der Waals surface area contributed by atoms with Gasteiger partial charge in [0.05, 0.1) is 0 Å². The predicted molar refractivity (Wildman–Crippen MR) is 36.4 cm³/mol. The third-order valence-electron chi connectivity index (χ3n) is 0.921. The second kappa shape index (κ2) is 2.68. The highest BCUT2D eigenvalue weighted by molar-refractivity contribution is 7.98. The lowest BCUT2D eigenvalue weighted by Gasteiger charge is -1.89. The summed E-state index contributed by atoms with van der Waals surface area (Å²) in [6, 6.07) is 1.79. The van der Waals surface area contributed by atoms with Crippen molar-refractivity contribution in [1.29, 1.82) is 0 Å². The zero-order valence-electron chi connectivity index (χ0n) is 5.11. The molecule has 0 aliphatic carbocycles. The first kappa shape index (κ1) is 6.35. The average molecular weight is 142 g/mol. The zero-order chi connectivity index (χ0) is 6.69. The first-order valence-corrected chi connectivity index (χ1v) is 3.73. The molecule has 9 heavy (non-hydrogen) atoms. The van der Waals surface area contributed by atoms with E-state index in [4.69, 9.17) is 5.84 Å². The second-order valence-electron chi connectivity index (χ2n) is 1.51. The van der Waals surface area contributed by atoms with Crippen LogP contribution in [0, 0.1) is 0 Å². The summed E-state index contributed by atoms with van der Waals surface area (Å²) >= 11 is 1.52. The molecular formula is C5H8N3S+. The lowest BCUT2D eigenvalue weighted by molar-refractivity contribution is -0.682. The van der Waals surface area contributed by atoms with Crippen LogP contribution < -0.4 is 10.5 Å². The van der Waals surface area contributed by atoms with Gasteiger partial charge in [-0.05, 0) is 23.0 Å². The van der Waals surface area contributed by atoms with Gasteiger partial charge in [-0.3, -0.25) is 5.84 Å². The summed E-state index contributed by atoms with van der Waals surface area (Å²) in [5.74, 6) is 5.46. The molecule has 0 bridgehead atoms. The summed E-state index contributed by atoms with van der Waals surface area (Å²) in [5, 5.41) is 0.817. The Hall–Kier alpha value is -0.770. The van der Waals surface area contributed by atoms with Crippen molar-refractivity contribution in [1.82, 2.24) is 4.98 Å². The molecule has 0 fully saturated rings. The minimum atomic E-state index is 0.817. The third-order valence-corrected chi connectivity index (χ3v) is 1.60. The molecule has 0 aromatic carbocycles. The summed E-state index contributed by atoms with van der Waals surface area (Å²) in [6.45, 7) is 0. The van der Waals surface area contributed by atoms with E-state index in [0.29, 0.717) is 0 Å². The quantitative estimate of drug-likeness (QED) is 0.256. The van der Waals surface area contributed by atoms with Gasteiger partial charge in [0.2, 0.25) is 0 Å². The molecule has 0 aliphatic heterocycles. The summed E-state index contributed by atoms with van der Waals surface area (Å²) < 4.78 is 1.49. The van der Waals surface area contributed by atoms with Crippen molar-refractivity contribution >= 4 is 11.8 Å². The number of hydrogen-bond acceptors (Lipinski definition) is 3. The highest BCUT2D eigenvalue weighted by Gasteiger charge is 2.03. The van der Waals surface area contributed by atoms with Crippen LogP contribution in [0.5, 0.6) is 0 Å². The van der Waals surface area contributed by atoms with Crippen LogP contribution in [0.4, 0.5) is 0 Å². The number of hydrogen-bond donors (Lipinski definition) is 1. The first-order valence-electron chi connectivity index (χ1n) is 2.50. The van der Waals surface area contributed by atoms with Crippen molar-refractivity contribution in [3.05, 3.63) is 18.5 Å². The number of rotatable bonds is 1. The van der Waals surface area contributed by atoms with Gasteiger partial charge in [0.15, 0.2) is 0 Å². The Kier molecular flexibility index (Phi) is 1.89. The third kappa shape index (κ3) is 1.32. The summed E-state index contributed by atoms with van der Waals surface area (Å²) in [7, 11) is 0. The van der Waals surface area contributed by atoms with Crippen LogP contribution in [0.1, 0.15) is 0 Å². The molecule has 0 aliphatic rings. The molecule has 1 aromatic heterocycles.